The third-order valence-electron chi connectivity index (χ3n) is 3.35. The lowest BCUT2D eigenvalue weighted by Gasteiger charge is -2.05. The molecule has 2 aromatic rings. The van der Waals surface area contributed by atoms with Crippen molar-refractivity contribution in [3.8, 4) is 0 Å². The number of hydrogen-bond donors (Lipinski definition) is 0. The molecule has 1 aliphatic rings. The molecule has 18 heavy (non-hydrogen) atoms. The lowest BCUT2D eigenvalue weighted by molar-refractivity contribution is 0.139. The minimum absolute atomic E-state index is 0.716. The number of nitrogens with zero attached hydrogens (tertiary/aromatic N) is 4. The maximum Gasteiger partial charge on any atom is 0.137 e. The molecule has 6 heteroatoms. The van der Waals surface area contributed by atoms with Gasteiger partial charge in [-0.1, -0.05) is 5.16 Å². The van der Waals surface area contributed by atoms with E-state index in [1.54, 1.807) is 0 Å². The molecule has 0 unspecified atom stereocenters. The maximum atomic E-state index is 5.45. The third kappa shape index (κ3) is 1.92. The van der Waals surface area contributed by atoms with E-state index in [4.69, 9.17) is 9.26 Å². The molecule has 3 rings (SSSR count). The predicted octanol–water partition coefficient (Wildman–Crippen LogP) is 1.05. The van der Waals surface area contributed by atoms with Crippen LogP contribution in [-0.2, 0) is 24.1 Å². The van der Waals surface area contributed by atoms with Crippen LogP contribution in [0.4, 0.5) is 0 Å². The quantitative estimate of drug-likeness (QED) is 0.794. The monoisotopic (exact) mass is 248 g/mol. The summed E-state index contributed by atoms with van der Waals surface area (Å²) in [5.41, 5.74) is 2.03. The van der Waals surface area contributed by atoms with Crippen molar-refractivity contribution in [2.45, 2.75) is 33.2 Å². The van der Waals surface area contributed by atoms with Crippen LogP contribution in [0, 0.1) is 13.8 Å². The molecule has 0 aliphatic carbocycles. The van der Waals surface area contributed by atoms with E-state index in [1.807, 2.05) is 13.8 Å². The first-order chi connectivity index (χ1) is 8.75. The molecule has 0 atom stereocenters. The molecule has 0 amide bonds. The normalized spacial score (nSPS) is 15.4. The largest absolute Gasteiger partial charge is 0.379 e. The molecule has 6 nitrogen and oxygen atoms in total. The van der Waals surface area contributed by atoms with Gasteiger partial charge >= 0.3 is 0 Å². The summed E-state index contributed by atoms with van der Waals surface area (Å²) in [5, 5.41) is 12.5. The van der Waals surface area contributed by atoms with Crippen molar-refractivity contribution < 1.29 is 9.26 Å². The molecule has 0 spiro atoms. The Hall–Kier alpha value is -1.69. The zero-order valence-corrected chi connectivity index (χ0v) is 10.6. The SMILES string of the molecule is Cc1noc(C)c1Cc1nnc2n1CCOCC2. The van der Waals surface area contributed by atoms with Crippen LogP contribution in [0.1, 0.15) is 28.7 Å². The van der Waals surface area contributed by atoms with Crippen molar-refractivity contribution in [2.75, 3.05) is 13.2 Å². The molecule has 0 fully saturated rings. The molecule has 1 aliphatic heterocycles. The molecule has 0 saturated carbocycles. The highest BCUT2D eigenvalue weighted by molar-refractivity contribution is 5.25. The van der Waals surface area contributed by atoms with Crippen LogP contribution in [0.25, 0.3) is 0 Å². The summed E-state index contributed by atoms with van der Waals surface area (Å²) in [6.07, 6.45) is 1.54. The fraction of sp³-hybridized carbons (Fsp3) is 0.583. The molecule has 0 aromatic carbocycles. The molecule has 0 saturated heterocycles. The Balaban J connectivity index is 1.92. The van der Waals surface area contributed by atoms with E-state index < -0.39 is 0 Å². The lowest BCUT2D eigenvalue weighted by Crippen LogP contribution is -2.09. The van der Waals surface area contributed by atoms with Crippen LogP contribution < -0.4 is 0 Å². The number of aryl methyl sites for hydroxylation is 2. The first-order valence-electron chi connectivity index (χ1n) is 6.16. The maximum absolute atomic E-state index is 5.45. The second-order valence-electron chi connectivity index (χ2n) is 4.53. The lowest BCUT2D eigenvalue weighted by atomic mass is 10.1. The number of rotatable bonds is 2. The number of fused-ring (bicyclic) bond motifs is 1. The van der Waals surface area contributed by atoms with Crippen molar-refractivity contribution in [3.05, 3.63) is 28.7 Å². The Labute approximate surface area is 105 Å². The van der Waals surface area contributed by atoms with Crippen LogP contribution in [0.3, 0.4) is 0 Å². The van der Waals surface area contributed by atoms with Crippen LogP contribution >= 0.6 is 0 Å². The number of hydrogen-bond acceptors (Lipinski definition) is 5. The van der Waals surface area contributed by atoms with Crippen molar-refractivity contribution in [2.24, 2.45) is 0 Å². The topological polar surface area (TPSA) is 66.0 Å². The number of ether oxygens (including phenoxy) is 1. The van der Waals surface area contributed by atoms with Gasteiger partial charge in [-0.3, -0.25) is 0 Å². The molecule has 2 aromatic heterocycles. The third-order valence-corrected chi connectivity index (χ3v) is 3.35. The molecular weight excluding hydrogens is 232 g/mol. The predicted molar refractivity (Wildman–Crippen MR) is 63.3 cm³/mol. The minimum atomic E-state index is 0.716. The number of aromatic nitrogens is 4. The van der Waals surface area contributed by atoms with Crippen molar-refractivity contribution in [1.29, 1.82) is 0 Å². The summed E-state index contributed by atoms with van der Waals surface area (Å²) in [6, 6.07) is 0. The summed E-state index contributed by atoms with van der Waals surface area (Å²) in [7, 11) is 0. The Bertz CT molecular complexity index is 539. The van der Waals surface area contributed by atoms with Gasteiger partial charge in [-0.25, -0.2) is 0 Å². The summed E-state index contributed by atoms with van der Waals surface area (Å²) in [6.45, 7) is 6.15. The molecule has 0 radical (unpaired) electrons. The highest BCUT2D eigenvalue weighted by atomic mass is 16.5. The van der Waals surface area contributed by atoms with Gasteiger partial charge in [-0.15, -0.1) is 10.2 Å². The fourth-order valence-electron chi connectivity index (χ4n) is 2.28. The van der Waals surface area contributed by atoms with Gasteiger partial charge in [0, 0.05) is 24.9 Å². The van der Waals surface area contributed by atoms with E-state index in [-0.39, 0.29) is 0 Å². The second kappa shape index (κ2) is 4.53. The minimum Gasteiger partial charge on any atom is -0.379 e. The summed E-state index contributed by atoms with van der Waals surface area (Å²) >= 11 is 0. The van der Waals surface area contributed by atoms with E-state index in [1.165, 1.54) is 0 Å². The molecule has 0 bridgehead atoms. The van der Waals surface area contributed by atoms with Gasteiger partial charge in [0.1, 0.15) is 17.4 Å². The highest BCUT2D eigenvalue weighted by Gasteiger charge is 2.18. The van der Waals surface area contributed by atoms with E-state index in [0.717, 1.165) is 54.8 Å². The average Bonchev–Trinajstić information content (AvgIpc) is 2.78. The van der Waals surface area contributed by atoms with Gasteiger partial charge in [-0.05, 0) is 13.8 Å². The smallest absolute Gasteiger partial charge is 0.137 e. The van der Waals surface area contributed by atoms with Crippen LogP contribution in [-0.4, -0.2) is 33.1 Å². The van der Waals surface area contributed by atoms with Gasteiger partial charge in [-0.2, -0.15) is 0 Å². The Morgan fingerprint density at radius 2 is 2.11 bits per heavy atom. The zero-order chi connectivity index (χ0) is 12.5. The summed E-state index contributed by atoms with van der Waals surface area (Å²) < 4.78 is 12.8. The summed E-state index contributed by atoms with van der Waals surface area (Å²) in [4.78, 5) is 0. The van der Waals surface area contributed by atoms with Gasteiger partial charge in [0.05, 0.1) is 18.9 Å². The standard InChI is InChI=1S/C12H16N4O2/c1-8-10(9(2)18-15-8)7-12-14-13-11-3-5-17-6-4-16(11)12/h3-7H2,1-2H3. The molecule has 96 valence electrons. The van der Waals surface area contributed by atoms with E-state index in [2.05, 4.69) is 19.9 Å². The van der Waals surface area contributed by atoms with E-state index in [0.29, 0.717) is 6.42 Å². The van der Waals surface area contributed by atoms with Gasteiger partial charge in [0.25, 0.3) is 0 Å². The molecular formula is C12H16N4O2. The molecule has 0 N–H and O–H groups in total. The average molecular weight is 248 g/mol. The van der Waals surface area contributed by atoms with Gasteiger partial charge < -0.3 is 13.8 Å². The fourth-order valence-corrected chi connectivity index (χ4v) is 2.28. The highest BCUT2D eigenvalue weighted by Crippen LogP contribution is 2.17. The first-order valence-corrected chi connectivity index (χ1v) is 6.16. The first kappa shape index (κ1) is 11.4. The Morgan fingerprint density at radius 1 is 1.22 bits per heavy atom. The van der Waals surface area contributed by atoms with E-state index >= 15 is 0 Å². The molecule has 3 heterocycles. The van der Waals surface area contributed by atoms with Crippen LogP contribution in [0.2, 0.25) is 0 Å². The second-order valence-corrected chi connectivity index (χ2v) is 4.53. The van der Waals surface area contributed by atoms with E-state index in [9.17, 15) is 0 Å². The zero-order valence-electron chi connectivity index (χ0n) is 10.6. The van der Waals surface area contributed by atoms with Gasteiger partial charge in [0.2, 0.25) is 0 Å². The van der Waals surface area contributed by atoms with Gasteiger partial charge in [0.15, 0.2) is 0 Å². The van der Waals surface area contributed by atoms with Crippen LogP contribution in [0.5, 0.6) is 0 Å². The van der Waals surface area contributed by atoms with Crippen molar-refractivity contribution in [3.63, 3.8) is 0 Å². The Morgan fingerprint density at radius 3 is 2.89 bits per heavy atom. The van der Waals surface area contributed by atoms with Crippen molar-refractivity contribution in [1.82, 2.24) is 19.9 Å². The van der Waals surface area contributed by atoms with Crippen LogP contribution in [0.15, 0.2) is 4.52 Å². The Kier molecular flexibility index (Phi) is 2.87. The summed E-state index contributed by atoms with van der Waals surface area (Å²) in [5.74, 6) is 2.83. The van der Waals surface area contributed by atoms with Crippen molar-refractivity contribution >= 4 is 0 Å².